The maximum absolute atomic E-state index is 5.79. The molecule has 2 heteroatoms. The van der Waals surface area contributed by atoms with Gasteiger partial charge in [0.2, 0.25) is 0 Å². The molecular formula is C15H24N2. The SMILES string of the molecule is CCC1CCCN1C(CCN)c1ccccc1. The van der Waals surface area contributed by atoms with Crippen molar-refractivity contribution < 1.29 is 0 Å². The average molecular weight is 232 g/mol. The van der Waals surface area contributed by atoms with E-state index in [1.165, 1.54) is 31.4 Å². The third-order valence-corrected chi connectivity index (χ3v) is 3.92. The third kappa shape index (κ3) is 2.88. The van der Waals surface area contributed by atoms with Gasteiger partial charge in [-0.15, -0.1) is 0 Å². The van der Waals surface area contributed by atoms with E-state index in [4.69, 9.17) is 5.73 Å². The fourth-order valence-electron chi connectivity index (χ4n) is 3.06. The summed E-state index contributed by atoms with van der Waals surface area (Å²) in [6, 6.07) is 12.1. The van der Waals surface area contributed by atoms with E-state index >= 15 is 0 Å². The molecule has 2 N–H and O–H groups in total. The minimum Gasteiger partial charge on any atom is -0.330 e. The molecule has 0 aromatic heterocycles. The molecule has 1 aromatic carbocycles. The summed E-state index contributed by atoms with van der Waals surface area (Å²) in [6.07, 6.45) is 5.02. The average Bonchev–Trinajstić information content (AvgIpc) is 2.85. The van der Waals surface area contributed by atoms with E-state index < -0.39 is 0 Å². The molecule has 1 fully saturated rings. The molecule has 0 amide bonds. The van der Waals surface area contributed by atoms with Crippen LogP contribution >= 0.6 is 0 Å². The van der Waals surface area contributed by atoms with Crippen molar-refractivity contribution in [1.29, 1.82) is 0 Å². The van der Waals surface area contributed by atoms with Crippen LogP contribution in [-0.2, 0) is 0 Å². The van der Waals surface area contributed by atoms with E-state index in [2.05, 4.69) is 42.2 Å². The number of nitrogens with zero attached hydrogens (tertiary/aromatic N) is 1. The van der Waals surface area contributed by atoms with Crippen LogP contribution in [0.3, 0.4) is 0 Å². The van der Waals surface area contributed by atoms with Crippen LogP contribution in [0.15, 0.2) is 30.3 Å². The Labute approximate surface area is 105 Å². The number of nitrogens with two attached hydrogens (primary N) is 1. The second kappa shape index (κ2) is 6.18. The van der Waals surface area contributed by atoms with E-state index in [9.17, 15) is 0 Å². The van der Waals surface area contributed by atoms with Crippen molar-refractivity contribution in [3.8, 4) is 0 Å². The molecule has 1 aliphatic rings. The molecule has 2 rings (SSSR count). The minimum atomic E-state index is 0.522. The Hall–Kier alpha value is -0.860. The number of benzene rings is 1. The van der Waals surface area contributed by atoms with Crippen LogP contribution in [-0.4, -0.2) is 24.0 Å². The lowest BCUT2D eigenvalue weighted by Crippen LogP contribution is -2.34. The van der Waals surface area contributed by atoms with Gasteiger partial charge in [-0.2, -0.15) is 0 Å². The van der Waals surface area contributed by atoms with Gasteiger partial charge in [0, 0.05) is 12.1 Å². The molecule has 17 heavy (non-hydrogen) atoms. The van der Waals surface area contributed by atoms with Gasteiger partial charge in [-0.3, -0.25) is 4.90 Å². The van der Waals surface area contributed by atoms with Gasteiger partial charge in [0.15, 0.2) is 0 Å². The van der Waals surface area contributed by atoms with Crippen molar-refractivity contribution in [1.82, 2.24) is 4.90 Å². The van der Waals surface area contributed by atoms with Gasteiger partial charge in [0.05, 0.1) is 0 Å². The van der Waals surface area contributed by atoms with Crippen LogP contribution < -0.4 is 5.73 Å². The Balaban J connectivity index is 2.17. The predicted octanol–water partition coefficient (Wildman–Crippen LogP) is 2.95. The molecule has 1 aromatic rings. The zero-order chi connectivity index (χ0) is 12.1. The number of hydrogen-bond donors (Lipinski definition) is 1. The van der Waals surface area contributed by atoms with E-state index in [-0.39, 0.29) is 0 Å². The van der Waals surface area contributed by atoms with Crippen molar-refractivity contribution in [3.05, 3.63) is 35.9 Å². The lowest BCUT2D eigenvalue weighted by atomic mass is 10.0. The molecule has 0 bridgehead atoms. The van der Waals surface area contributed by atoms with E-state index in [1.54, 1.807) is 0 Å². The first-order chi connectivity index (χ1) is 8.36. The van der Waals surface area contributed by atoms with Crippen molar-refractivity contribution in [2.45, 2.75) is 44.7 Å². The first-order valence-corrected chi connectivity index (χ1v) is 6.87. The maximum Gasteiger partial charge on any atom is 0.0363 e. The number of likely N-dealkylation sites (tertiary alicyclic amines) is 1. The first kappa shape index (κ1) is 12.6. The fourth-order valence-corrected chi connectivity index (χ4v) is 3.06. The summed E-state index contributed by atoms with van der Waals surface area (Å²) in [4.78, 5) is 2.67. The predicted molar refractivity (Wildman–Crippen MR) is 72.9 cm³/mol. The second-order valence-corrected chi connectivity index (χ2v) is 4.95. The first-order valence-electron chi connectivity index (χ1n) is 6.87. The monoisotopic (exact) mass is 232 g/mol. The third-order valence-electron chi connectivity index (χ3n) is 3.92. The normalized spacial score (nSPS) is 22.8. The van der Waals surface area contributed by atoms with Crippen LogP contribution in [0, 0.1) is 0 Å². The van der Waals surface area contributed by atoms with E-state index in [0.29, 0.717) is 6.04 Å². The molecule has 1 aliphatic heterocycles. The standard InChI is InChI=1S/C15H24N2/c1-2-14-9-6-12-17(14)15(10-11-16)13-7-4-3-5-8-13/h3-5,7-8,14-15H,2,6,9-12,16H2,1H3. The molecule has 94 valence electrons. The Morgan fingerprint density at radius 3 is 2.76 bits per heavy atom. The van der Waals surface area contributed by atoms with Gasteiger partial charge in [-0.05, 0) is 44.3 Å². The Morgan fingerprint density at radius 1 is 1.35 bits per heavy atom. The largest absolute Gasteiger partial charge is 0.330 e. The summed E-state index contributed by atoms with van der Waals surface area (Å²) < 4.78 is 0. The molecule has 0 aliphatic carbocycles. The zero-order valence-corrected chi connectivity index (χ0v) is 10.8. The Kier molecular flexibility index (Phi) is 4.57. The molecule has 2 nitrogen and oxygen atoms in total. The van der Waals surface area contributed by atoms with E-state index in [1.807, 2.05) is 0 Å². The number of hydrogen-bond acceptors (Lipinski definition) is 2. The van der Waals surface area contributed by atoms with Crippen LogP contribution in [0.25, 0.3) is 0 Å². The lowest BCUT2D eigenvalue weighted by molar-refractivity contribution is 0.169. The topological polar surface area (TPSA) is 29.3 Å². The summed E-state index contributed by atoms with van der Waals surface area (Å²) in [5.41, 5.74) is 7.22. The van der Waals surface area contributed by atoms with Gasteiger partial charge < -0.3 is 5.73 Å². The van der Waals surface area contributed by atoms with Crippen molar-refractivity contribution >= 4 is 0 Å². The summed E-state index contributed by atoms with van der Waals surface area (Å²) in [7, 11) is 0. The van der Waals surface area contributed by atoms with Crippen LogP contribution in [0.5, 0.6) is 0 Å². The van der Waals surface area contributed by atoms with Gasteiger partial charge in [-0.1, -0.05) is 37.3 Å². The van der Waals surface area contributed by atoms with Gasteiger partial charge in [0.25, 0.3) is 0 Å². The van der Waals surface area contributed by atoms with Gasteiger partial charge >= 0.3 is 0 Å². The zero-order valence-electron chi connectivity index (χ0n) is 10.8. The molecule has 2 unspecified atom stereocenters. The highest BCUT2D eigenvalue weighted by molar-refractivity contribution is 5.19. The maximum atomic E-state index is 5.79. The van der Waals surface area contributed by atoms with Crippen molar-refractivity contribution in [2.24, 2.45) is 5.73 Å². The van der Waals surface area contributed by atoms with Crippen molar-refractivity contribution in [2.75, 3.05) is 13.1 Å². The van der Waals surface area contributed by atoms with Crippen LogP contribution in [0.2, 0.25) is 0 Å². The van der Waals surface area contributed by atoms with Crippen LogP contribution in [0.1, 0.15) is 44.2 Å². The molecular weight excluding hydrogens is 208 g/mol. The highest BCUT2D eigenvalue weighted by Gasteiger charge is 2.29. The number of rotatable bonds is 5. The van der Waals surface area contributed by atoms with Gasteiger partial charge in [0.1, 0.15) is 0 Å². The van der Waals surface area contributed by atoms with Crippen molar-refractivity contribution in [3.63, 3.8) is 0 Å². The molecule has 0 spiro atoms. The van der Waals surface area contributed by atoms with E-state index in [0.717, 1.165) is 19.0 Å². The van der Waals surface area contributed by atoms with Gasteiger partial charge in [-0.25, -0.2) is 0 Å². The lowest BCUT2D eigenvalue weighted by Gasteiger charge is -2.33. The Bertz CT molecular complexity index is 323. The second-order valence-electron chi connectivity index (χ2n) is 4.95. The van der Waals surface area contributed by atoms with Crippen LogP contribution in [0.4, 0.5) is 0 Å². The molecule has 1 saturated heterocycles. The minimum absolute atomic E-state index is 0.522. The smallest absolute Gasteiger partial charge is 0.0363 e. The molecule has 0 saturated carbocycles. The Morgan fingerprint density at radius 2 is 2.12 bits per heavy atom. The summed E-state index contributed by atoms with van der Waals surface area (Å²) in [6.45, 7) is 4.30. The quantitative estimate of drug-likeness (QED) is 0.845. The molecule has 0 radical (unpaired) electrons. The highest BCUT2D eigenvalue weighted by atomic mass is 15.2. The highest BCUT2D eigenvalue weighted by Crippen LogP contribution is 2.32. The molecule has 1 heterocycles. The fraction of sp³-hybridized carbons (Fsp3) is 0.600. The summed E-state index contributed by atoms with van der Waals surface area (Å²) >= 11 is 0. The molecule has 2 atom stereocenters. The summed E-state index contributed by atoms with van der Waals surface area (Å²) in [5.74, 6) is 0. The summed E-state index contributed by atoms with van der Waals surface area (Å²) in [5, 5.41) is 0.